The Morgan fingerprint density at radius 1 is 1.10 bits per heavy atom. The largest absolute Gasteiger partial charge is 0.493 e. The third kappa shape index (κ3) is 9.40. The molecule has 2 aromatic rings. The number of unbranched alkanes of at least 4 members (excludes halogenated alkanes) is 1. The second-order valence-electron chi connectivity index (χ2n) is 11.5. The summed E-state index contributed by atoms with van der Waals surface area (Å²) in [5, 5.41) is 10.7. The van der Waals surface area contributed by atoms with E-state index in [1.54, 1.807) is 19.2 Å². The Hall–Kier alpha value is -2.20. The van der Waals surface area contributed by atoms with E-state index >= 15 is 0 Å². The van der Waals surface area contributed by atoms with E-state index < -0.39 is 16.8 Å². The number of rotatable bonds is 12. The molecule has 2 aliphatic rings. The van der Waals surface area contributed by atoms with Crippen LogP contribution in [0, 0.1) is 18.8 Å². The highest BCUT2D eigenvalue weighted by atomic mass is 32.2. The highest BCUT2D eigenvalue weighted by molar-refractivity contribution is 7.86. The standard InChI is InChI=1S/C22H35NO3.C10H13FO3S/c1-5-6-9-26-22-11-16-7-8-23-14-17(10-15(2)3)20(24)13-19(23)18(16)12-21(22)25-4;1-9-3-5-10(6-4-9)15(12,13)14-8-2-7-11/h11-12,15,17,19-20,24H,5-10,13-14H2,1-4H3;3-6H,2,7-8H2,1H3/t17-,19?,20-;/m1./s1. The Morgan fingerprint density at radius 3 is 2.46 bits per heavy atom. The summed E-state index contributed by atoms with van der Waals surface area (Å²) in [5.74, 6) is 2.71. The Kier molecular flexibility index (Phi) is 12.9. The van der Waals surface area contributed by atoms with Crippen LogP contribution in [0.4, 0.5) is 4.39 Å². The Labute approximate surface area is 246 Å². The first-order valence-corrected chi connectivity index (χ1v) is 16.3. The van der Waals surface area contributed by atoms with Crippen molar-refractivity contribution >= 4 is 10.1 Å². The van der Waals surface area contributed by atoms with Gasteiger partial charge >= 0.3 is 0 Å². The molecule has 2 aromatic carbocycles. The fourth-order valence-electron chi connectivity index (χ4n) is 5.53. The van der Waals surface area contributed by atoms with Gasteiger partial charge in [-0.1, -0.05) is 44.9 Å². The molecule has 9 heteroatoms. The van der Waals surface area contributed by atoms with E-state index in [-0.39, 0.29) is 24.0 Å². The van der Waals surface area contributed by atoms with Crippen LogP contribution in [0.2, 0.25) is 0 Å². The van der Waals surface area contributed by atoms with Gasteiger partial charge in [-0.2, -0.15) is 8.42 Å². The van der Waals surface area contributed by atoms with Crippen molar-refractivity contribution < 1.29 is 31.6 Å². The second kappa shape index (κ2) is 15.9. The molecule has 0 aliphatic carbocycles. The number of halogens is 1. The summed E-state index contributed by atoms with van der Waals surface area (Å²) in [7, 11) is -2.00. The van der Waals surface area contributed by atoms with Gasteiger partial charge in [0, 0.05) is 25.6 Å². The molecule has 3 atom stereocenters. The highest BCUT2D eigenvalue weighted by Crippen LogP contribution is 2.43. The second-order valence-corrected chi connectivity index (χ2v) is 13.1. The topological polar surface area (TPSA) is 85.3 Å². The number of aliphatic hydroxyl groups excluding tert-OH is 1. The van der Waals surface area contributed by atoms with Crippen LogP contribution < -0.4 is 9.47 Å². The van der Waals surface area contributed by atoms with Crippen molar-refractivity contribution in [1.29, 1.82) is 0 Å². The van der Waals surface area contributed by atoms with Gasteiger partial charge in [-0.3, -0.25) is 13.5 Å². The minimum Gasteiger partial charge on any atom is -0.493 e. The summed E-state index contributed by atoms with van der Waals surface area (Å²) >= 11 is 0. The zero-order chi connectivity index (χ0) is 30.0. The molecule has 0 spiro atoms. The predicted octanol–water partition coefficient (Wildman–Crippen LogP) is 6.26. The molecule has 0 saturated carbocycles. The van der Waals surface area contributed by atoms with Gasteiger partial charge in [-0.05, 0) is 79.8 Å². The van der Waals surface area contributed by atoms with Crippen molar-refractivity contribution in [1.82, 2.24) is 4.90 Å². The zero-order valence-corrected chi connectivity index (χ0v) is 26.1. The maximum Gasteiger partial charge on any atom is 0.296 e. The summed E-state index contributed by atoms with van der Waals surface area (Å²) in [6.45, 7) is 10.6. The van der Waals surface area contributed by atoms with Crippen LogP contribution in [-0.2, 0) is 20.7 Å². The average Bonchev–Trinajstić information content (AvgIpc) is 2.93. The van der Waals surface area contributed by atoms with Crippen LogP contribution in [0.25, 0.3) is 0 Å². The van der Waals surface area contributed by atoms with Crippen LogP contribution >= 0.6 is 0 Å². The Bertz CT molecular complexity index is 1190. The van der Waals surface area contributed by atoms with Crippen LogP contribution in [0.1, 0.15) is 75.6 Å². The molecule has 2 aliphatic heterocycles. The molecule has 41 heavy (non-hydrogen) atoms. The molecular weight excluding hydrogens is 545 g/mol. The monoisotopic (exact) mass is 593 g/mol. The predicted molar refractivity (Wildman–Crippen MR) is 160 cm³/mol. The number of hydrogen-bond donors (Lipinski definition) is 1. The van der Waals surface area contributed by atoms with E-state index in [1.807, 2.05) is 6.92 Å². The van der Waals surface area contributed by atoms with Crippen molar-refractivity contribution in [2.45, 2.75) is 83.3 Å². The van der Waals surface area contributed by atoms with E-state index in [4.69, 9.17) is 9.47 Å². The molecule has 4 rings (SSSR count). The Balaban J connectivity index is 0.000000263. The van der Waals surface area contributed by atoms with E-state index in [9.17, 15) is 17.9 Å². The number of fused-ring (bicyclic) bond motifs is 3. The third-order valence-corrected chi connectivity index (χ3v) is 9.05. The molecule has 1 unspecified atom stereocenters. The maximum atomic E-state index is 11.7. The molecular formula is C32H48FNO6S. The van der Waals surface area contributed by atoms with Gasteiger partial charge in [0.05, 0.1) is 38.0 Å². The maximum absolute atomic E-state index is 11.7. The summed E-state index contributed by atoms with van der Waals surface area (Å²) in [6, 6.07) is 10.9. The molecule has 1 N–H and O–H groups in total. The number of hydrogen-bond acceptors (Lipinski definition) is 7. The molecule has 0 bridgehead atoms. The van der Waals surface area contributed by atoms with Gasteiger partial charge in [0.25, 0.3) is 10.1 Å². The highest BCUT2D eigenvalue weighted by Gasteiger charge is 2.38. The SMILES string of the molecule is CCCCOc1cc2c(cc1OC)C1C[C@@H](O)[C@H](CC(C)C)CN1CC2.Cc1ccc(S(=O)(=O)OCCCF)cc1. The molecule has 0 amide bonds. The van der Waals surface area contributed by atoms with Gasteiger partial charge in [0.1, 0.15) is 0 Å². The summed E-state index contributed by atoms with van der Waals surface area (Å²) < 4.78 is 50.9. The van der Waals surface area contributed by atoms with E-state index in [1.165, 1.54) is 23.3 Å². The summed E-state index contributed by atoms with van der Waals surface area (Å²) in [4.78, 5) is 2.67. The Morgan fingerprint density at radius 2 is 1.83 bits per heavy atom. The van der Waals surface area contributed by atoms with Gasteiger partial charge in [-0.15, -0.1) is 0 Å². The number of benzene rings is 2. The van der Waals surface area contributed by atoms with Crippen molar-refractivity contribution in [2.75, 3.05) is 40.1 Å². The minimum atomic E-state index is -3.72. The normalized spacial score (nSPS) is 20.5. The van der Waals surface area contributed by atoms with Crippen LogP contribution in [0.3, 0.4) is 0 Å². The average molecular weight is 594 g/mol. The number of aryl methyl sites for hydroxylation is 1. The fraction of sp³-hybridized carbons (Fsp3) is 0.625. The lowest BCUT2D eigenvalue weighted by Gasteiger charge is -2.46. The molecule has 0 aromatic heterocycles. The summed E-state index contributed by atoms with van der Waals surface area (Å²) in [6.07, 6.45) is 5.03. The third-order valence-electron chi connectivity index (χ3n) is 7.73. The van der Waals surface area contributed by atoms with Gasteiger partial charge in [0.2, 0.25) is 0 Å². The van der Waals surface area contributed by atoms with E-state index in [2.05, 4.69) is 42.0 Å². The first kappa shape index (κ1) is 33.3. The van der Waals surface area contributed by atoms with E-state index in [0.717, 1.165) is 68.9 Å². The van der Waals surface area contributed by atoms with Crippen LogP contribution in [0.15, 0.2) is 41.3 Å². The zero-order valence-electron chi connectivity index (χ0n) is 25.3. The molecule has 7 nitrogen and oxygen atoms in total. The van der Waals surface area contributed by atoms with Gasteiger partial charge in [0.15, 0.2) is 11.5 Å². The van der Waals surface area contributed by atoms with Crippen molar-refractivity contribution in [2.24, 2.45) is 11.8 Å². The van der Waals surface area contributed by atoms with Gasteiger partial charge in [-0.25, -0.2) is 0 Å². The number of methoxy groups -OCH3 is 1. The van der Waals surface area contributed by atoms with Crippen LogP contribution in [0.5, 0.6) is 11.5 Å². The van der Waals surface area contributed by atoms with Crippen molar-refractivity contribution in [3.05, 3.63) is 53.1 Å². The molecule has 2 heterocycles. The smallest absolute Gasteiger partial charge is 0.296 e. The minimum absolute atomic E-state index is 0.0884. The number of aliphatic hydroxyl groups is 1. The quantitative estimate of drug-likeness (QED) is 0.230. The lowest BCUT2D eigenvalue weighted by atomic mass is 9.79. The first-order chi connectivity index (χ1) is 19.6. The van der Waals surface area contributed by atoms with Crippen LogP contribution in [-0.4, -0.2) is 64.6 Å². The fourth-order valence-corrected chi connectivity index (χ4v) is 6.47. The number of piperidine rings is 1. The molecule has 0 radical (unpaired) electrons. The number of nitrogens with zero attached hydrogens (tertiary/aromatic N) is 1. The van der Waals surface area contributed by atoms with Crippen molar-refractivity contribution in [3.63, 3.8) is 0 Å². The lowest BCUT2D eigenvalue weighted by Crippen LogP contribution is -2.48. The molecule has 1 saturated heterocycles. The first-order valence-electron chi connectivity index (χ1n) is 14.9. The molecule has 1 fully saturated rings. The van der Waals surface area contributed by atoms with E-state index in [0.29, 0.717) is 17.9 Å². The summed E-state index contributed by atoms with van der Waals surface area (Å²) in [5.41, 5.74) is 3.64. The number of ether oxygens (including phenoxy) is 2. The molecule has 230 valence electrons. The van der Waals surface area contributed by atoms with Gasteiger partial charge < -0.3 is 14.6 Å². The lowest BCUT2D eigenvalue weighted by molar-refractivity contribution is -0.0191. The van der Waals surface area contributed by atoms with Crippen molar-refractivity contribution in [3.8, 4) is 11.5 Å². The number of alkyl halides is 1.